The molecule has 0 bridgehead atoms. The lowest BCUT2D eigenvalue weighted by Crippen LogP contribution is -2.45. The van der Waals surface area contributed by atoms with Gasteiger partial charge in [0.25, 0.3) is 0 Å². The fourth-order valence-electron chi connectivity index (χ4n) is 3.09. The highest BCUT2D eigenvalue weighted by Crippen LogP contribution is 2.19. The van der Waals surface area contributed by atoms with E-state index in [1.807, 2.05) is 20.8 Å². The van der Waals surface area contributed by atoms with Crippen LogP contribution in [0.2, 0.25) is 0 Å². The summed E-state index contributed by atoms with van der Waals surface area (Å²) < 4.78 is 5.32. The summed E-state index contributed by atoms with van der Waals surface area (Å²) in [6.45, 7) is 14.6. The normalized spacial score (nSPS) is 22.2. The van der Waals surface area contributed by atoms with Crippen LogP contribution in [0.4, 0.5) is 4.79 Å². The third kappa shape index (κ3) is 9.16. The number of alkyl carbamates (subject to hydrolysis) is 1. The Morgan fingerprint density at radius 1 is 1.09 bits per heavy atom. The number of likely N-dealkylation sites (N-methyl/N-ethyl adjacent to an activating group) is 1. The molecule has 0 aromatic rings. The Bertz CT molecular complexity index is 334. The third-order valence-electron chi connectivity index (χ3n) is 4.30. The summed E-state index contributed by atoms with van der Waals surface area (Å²) in [6.07, 6.45) is 5.25. The Labute approximate surface area is 142 Å². The molecule has 0 aromatic carbocycles. The molecule has 1 fully saturated rings. The number of amides is 1. The Hall–Kier alpha value is -0.810. The van der Waals surface area contributed by atoms with Crippen molar-refractivity contribution >= 4 is 6.09 Å². The molecule has 1 aliphatic carbocycles. The molecule has 0 unspecified atom stereocenters. The van der Waals surface area contributed by atoms with Gasteiger partial charge in [0.2, 0.25) is 0 Å². The minimum absolute atomic E-state index is 0.259. The highest BCUT2D eigenvalue weighted by Gasteiger charge is 2.24. The zero-order chi connectivity index (χ0) is 17.3. The SMILES string of the molecule is CCCN(CC)CCNC1CCC(NC(=O)OC(C)(C)C)CC1. The Morgan fingerprint density at radius 2 is 1.70 bits per heavy atom. The quantitative estimate of drug-likeness (QED) is 0.719. The minimum Gasteiger partial charge on any atom is -0.444 e. The van der Waals surface area contributed by atoms with E-state index >= 15 is 0 Å². The van der Waals surface area contributed by atoms with Crippen molar-refractivity contribution in [1.82, 2.24) is 15.5 Å². The molecule has 0 saturated heterocycles. The predicted octanol–water partition coefficient (Wildman–Crippen LogP) is 3.14. The van der Waals surface area contributed by atoms with Gasteiger partial charge < -0.3 is 20.3 Å². The average molecular weight is 328 g/mol. The second-order valence-electron chi connectivity index (χ2n) is 7.58. The van der Waals surface area contributed by atoms with Crippen LogP contribution in [0.25, 0.3) is 0 Å². The van der Waals surface area contributed by atoms with Crippen LogP contribution in [0.5, 0.6) is 0 Å². The number of carbonyl (C=O) groups excluding carboxylic acids is 1. The summed E-state index contributed by atoms with van der Waals surface area (Å²) in [4.78, 5) is 14.3. The lowest BCUT2D eigenvalue weighted by molar-refractivity contribution is 0.0489. The van der Waals surface area contributed by atoms with E-state index in [1.54, 1.807) is 0 Å². The first-order valence-corrected chi connectivity index (χ1v) is 9.29. The first-order valence-electron chi connectivity index (χ1n) is 9.29. The molecule has 0 heterocycles. The zero-order valence-corrected chi connectivity index (χ0v) is 15.8. The van der Waals surface area contributed by atoms with E-state index in [1.165, 1.54) is 13.0 Å². The van der Waals surface area contributed by atoms with E-state index < -0.39 is 5.60 Å². The number of nitrogens with one attached hydrogen (secondary N) is 2. The maximum atomic E-state index is 11.8. The topological polar surface area (TPSA) is 53.6 Å². The van der Waals surface area contributed by atoms with E-state index in [0.29, 0.717) is 6.04 Å². The monoisotopic (exact) mass is 327 g/mol. The maximum Gasteiger partial charge on any atom is 0.407 e. The highest BCUT2D eigenvalue weighted by atomic mass is 16.6. The van der Waals surface area contributed by atoms with Crippen LogP contribution in [0, 0.1) is 0 Å². The van der Waals surface area contributed by atoms with Crippen LogP contribution in [0.3, 0.4) is 0 Å². The van der Waals surface area contributed by atoms with Gasteiger partial charge in [0.05, 0.1) is 0 Å². The van der Waals surface area contributed by atoms with Crippen molar-refractivity contribution in [2.45, 2.75) is 84.4 Å². The average Bonchev–Trinajstić information content (AvgIpc) is 2.46. The molecular weight excluding hydrogens is 290 g/mol. The third-order valence-corrected chi connectivity index (χ3v) is 4.30. The standard InChI is InChI=1S/C18H37N3O2/c1-6-13-21(7-2)14-12-19-15-8-10-16(11-9-15)20-17(22)23-18(3,4)5/h15-16,19H,6-14H2,1-5H3,(H,20,22). The van der Waals surface area contributed by atoms with Crippen LogP contribution in [-0.2, 0) is 4.74 Å². The predicted molar refractivity (Wildman–Crippen MR) is 95.8 cm³/mol. The number of nitrogens with zero attached hydrogens (tertiary/aromatic N) is 1. The summed E-state index contributed by atoms with van der Waals surface area (Å²) in [5.41, 5.74) is -0.424. The number of ether oxygens (including phenoxy) is 1. The summed E-state index contributed by atoms with van der Waals surface area (Å²) in [6, 6.07) is 0.849. The number of carbonyl (C=O) groups is 1. The van der Waals surface area contributed by atoms with Gasteiger partial charge in [-0.05, 0) is 66.0 Å². The van der Waals surface area contributed by atoms with E-state index in [9.17, 15) is 4.79 Å². The summed E-state index contributed by atoms with van der Waals surface area (Å²) >= 11 is 0. The molecule has 0 spiro atoms. The van der Waals surface area contributed by atoms with Gasteiger partial charge in [0.15, 0.2) is 0 Å². The molecule has 0 aliphatic heterocycles. The van der Waals surface area contributed by atoms with E-state index in [0.717, 1.165) is 45.3 Å². The van der Waals surface area contributed by atoms with E-state index in [2.05, 4.69) is 29.4 Å². The minimum atomic E-state index is -0.424. The van der Waals surface area contributed by atoms with Crippen LogP contribution in [0.15, 0.2) is 0 Å². The molecule has 23 heavy (non-hydrogen) atoms. The fourth-order valence-corrected chi connectivity index (χ4v) is 3.09. The molecule has 1 amide bonds. The smallest absolute Gasteiger partial charge is 0.407 e. The molecule has 0 aromatic heterocycles. The number of hydrogen-bond acceptors (Lipinski definition) is 4. The molecular formula is C18H37N3O2. The first kappa shape index (κ1) is 20.2. The van der Waals surface area contributed by atoms with E-state index in [4.69, 9.17) is 4.74 Å². The van der Waals surface area contributed by atoms with Gasteiger partial charge in [0.1, 0.15) is 5.60 Å². The molecule has 136 valence electrons. The van der Waals surface area contributed by atoms with Gasteiger partial charge in [-0.2, -0.15) is 0 Å². The molecule has 1 aliphatic rings. The summed E-state index contributed by atoms with van der Waals surface area (Å²) in [5, 5.41) is 6.67. The molecule has 5 heteroatoms. The largest absolute Gasteiger partial charge is 0.444 e. The van der Waals surface area contributed by atoms with Crippen LogP contribution >= 0.6 is 0 Å². The fraction of sp³-hybridized carbons (Fsp3) is 0.944. The van der Waals surface area contributed by atoms with Gasteiger partial charge in [-0.25, -0.2) is 4.79 Å². The van der Waals surface area contributed by atoms with Crippen molar-refractivity contribution in [3.8, 4) is 0 Å². The molecule has 1 rings (SSSR count). The Kier molecular flexibility index (Phi) is 8.92. The lowest BCUT2D eigenvalue weighted by atomic mass is 9.91. The summed E-state index contributed by atoms with van der Waals surface area (Å²) in [5.74, 6) is 0. The maximum absolute atomic E-state index is 11.8. The highest BCUT2D eigenvalue weighted by molar-refractivity contribution is 5.68. The van der Waals surface area contributed by atoms with Gasteiger partial charge in [-0.3, -0.25) is 0 Å². The molecule has 0 atom stereocenters. The second-order valence-corrected chi connectivity index (χ2v) is 7.58. The molecule has 1 saturated carbocycles. The Morgan fingerprint density at radius 3 is 2.22 bits per heavy atom. The van der Waals surface area contributed by atoms with Crippen molar-refractivity contribution in [3.63, 3.8) is 0 Å². The van der Waals surface area contributed by atoms with Gasteiger partial charge in [-0.1, -0.05) is 13.8 Å². The van der Waals surface area contributed by atoms with Crippen molar-refractivity contribution < 1.29 is 9.53 Å². The van der Waals surface area contributed by atoms with Crippen molar-refractivity contribution in [2.24, 2.45) is 0 Å². The first-order chi connectivity index (χ1) is 10.8. The van der Waals surface area contributed by atoms with E-state index in [-0.39, 0.29) is 12.1 Å². The molecule has 0 radical (unpaired) electrons. The van der Waals surface area contributed by atoms with Crippen LogP contribution in [0.1, 0.15) is 66.7 Å². The molecule has 5 nitrogen and oxygen atoms in total. The van der Waals surface area contributed by atoms with Crippen molar-refractivity contribution in [2.75, 3.05) is 26.2 Å². The number of rotatable bonds is 8. The van der Waals surface area contributed by atoms with Crippen LogP contribution in [-0.4, -0.2) is 54.9 Å². The number of hydrogen-bond donors (Lipinski definition) is 2. The lowest BCUT2D eigenvalue weighted by Gasteiger charge is -2.31. The van der Waals surface area contributed by atoms with Gasteiger partial charge in [0, 0.05) is 25.2 Å². The molecule has 2 N–H and O–H groups in total. The summed E-state index contributed by atoms with van der Waals surface area (Å²) in [7, 11) is 0. The van der Waals surface area contributed by atoms with Crippen LogP contribution < -0.4 is 10.6 Å². The zero-order valence-electron chi connectivity index (χ0n) is 15.8. The van der Waals surface area contributed by atoms with Crippen molar-refractivity contribution in [3.05, 3.63) is 0 Å². The van der Waals surface area contributed by atoms with Gasteiger partial charge >= 0.3 is 6.09 Å². The Balaban J connectivity index is 2.16. The van der Waals surface area contributed by atoms with Crippen molar-refractivity contribution in [1.29, 1.82) is 0 Å². The second kappa shape index (κ2) is 10.1. The van der Waals surface area contributed by atoms with Gasteiger partial charge in [-0.15, -0.1) is 0 Å².